The maximum Gasteiger partial charge on any atom is 0.339 e. The summed E-state index contributed by atoms with van der Waals surface area (Å²) in [7, 11) is -3.90. The van der Waals surface area contributed by atoms with E-state index in [1.807, 2.05) is 13.0 Å². The third-order valence-corrected chi connectivity index (χ3v) is 3.79. The van der Waals surface area contributed by atoms with E-state index in [4.69, 9.17) is 15.7 Å². The minimum absolute atomic E-state index is 0.0271. The Kier molecular flexibility index (Phi) is 3.35. The van der Waals surface area contributed by atoms with Gasteiger partial charge < -0.3 is 15.7 Å². The third-order valence-electron chi connectivity index (χ3n) is 2.54. The zero-order valence-electron chi connectivity index (χ0n) is 10.3. The number of aryl methyl sites for hydroxylation is 1. The Bertz CT molecular complexity index is 712. The third kappa shape index (κ3) is 2.97. The fourth-order valence-corrected chi connectivity index (χ4v) is 2.51. The van der Waals surface area contributed by atoms with Gasteiger partial charge in [-0.2, -0.15) is 8.42 Å². The lowest BCUT2D eigenvalue weighted by Crippen LogP contribution is -2.10. The predicted molar refractivity (Wildman–Crippen MR) is 74.3 cm³/mol. The van der Waals surface area contributed by atoms with Crippen LogP contribution in [0.5, 0.6) is 5.75 Å². The van der Waals surface area contributed by atoms with Crippen molar-refractivity contribution >= 4 is 21.5 Å². The van der Waals surface area contributed by atoms with Gasteiger partial charge in [-0.15, -0.1) is 0 Å². The van der Waals surface area contributed by atoms with Gasteiger partial charge in [-0.3, -0.25) is 0 Å². The van der Waals surface area contributed by atoms with Crippen molar-refractivity contribution < 1.29 is 12.6 Å². The summed E-state index contributed by atoms with van der Waals surface area (Å²) in [5, 5.41) is 0. The summed E-state index contributed by atoms with van der Waals surface area (Å²) in [4.78, 5) is -0.0271. The normalized spacial score (nSPS) is 11.2. The molecule has 0 atom stereocenters. The molecule has 2 aromatic rings. The average molecular weight is 278 g/mol. The summed E-state index contributed by atoms with van der Waals surface area (Å²) < 4.78 is 29.2. The molecule has 0 spiro atoms. The number of nitrogen functional groups attached to an aromatic ring is 2. The molecule has 0 aliphatic carbocycles. The lowest BCUT2D eigenvalue weighted by atomic mass is 10.2. The van der Waals surface area contributed by atoms with E-state index in [1.54, 1.807) is 18.2 Å². The van der Waals surface area contributed by atoms with Gasteiger partial charge in [0, 0.05) is 0 Å². The van der Waals surface area contributed by atoms with Crippen LogP contribution < -0.4 is 15.7 Å². The smallest absolute Gasteiger partial charge is 0.339 e. The van der Waals surface area contributed by atoms with Crippen molar-refractivity contribution in [2.75, 3.05) is 11.5 Å². The molecule has 0 heterocycles. The van der Waals surface area contributed by atoms with Crippen molar-refractivity contribution in [3.05, 3.63) is 48.0 Å². The number of benzene rings is 2. The van der Waals surface area contributed by atoms with E-state index in [1.165, 1.54) is 18.2 Å². The summed E-state index contributed by atoms with van der Waals surface area (Å²) >= 11 is 0. The van der Waals surface area contributed by atoms with Gasteiger partial charge in [0.1, 0.15) is 10.6 Å². The van der Waals surface area contributed by atoms with E-state index in [2.05, 4.69) is 0 Å². The van der Waals surface area contributed by atoms with Gasteiger partial charge in [0.05, 0.1) is 11.4 Å². The van der Waals surface area contributed by atoms with Gasteiger partial charge in [0.25, 0.3) is 0 Å². The van der Waals surface area contributed by atoms with Crippen LogP contribution in [0.15, 0.2) is 47.4 Å². The van der Waals surface area contributed by atoms with Crippen molar-refractivity contribution in [2.45, 2.75) is 11.8 Å². The highest BCUT2D eigenvalue weighted by Gasteiger charge is 2.17. The highest BCUT2D eigenvalue weighted by Crippen LogP contribution is 2.23. The Balaban J connectivity index is 2.35. The fraction of sp³-hybridized carbons (Fsp3) is 0.0769. The molecule has 100 valence electrons. The number of nitrogens with two attached hydrogens (primary N) is 2. The molecule has 0 fully saturated rings. The first-order valence-electron chi connectivity index (χ1n) is 5.54. The van der Waals surface area contributed by atoms with Crippen LogP contribution in [0.3, 0.4) is 0 Å². The van der Waals surface area contributed by atoms with E-state index < -0.39 is 10.1 Å². The Morgan fingerprint density at radius 2 is 1.74 bits per heavy atom. The first-order chi connectivity index (χ1) is 8.88. The van der Waals surface area contributed by atoms with Crippen molar-refractivity contribution in [1.82, 2.24) is 0 Å². The number of hydrogen-bond acceptors (Lipinski definition) is 5. The van der Waals surface area contributed by atoms with E-state index in [9.17, 15) is 8.42 Å². The largest absolute Gasteiger partial charge is 0.397 e. The van der Waals surface area contributed by atoms with E-state index in [0.29, 0.717) is 5.69 Å². The average Bonchev–Trinajstić information content (AvgIpc) is 2.32. The summed E-state index contributed by atoms with van der Waals surface area (Å²) in [5.74, 6) is 0.260. The van der Waals surface area contributed by atoms with Crippen LogP contribution in [0.25, 0.3) is 0 Å². The standard InChI is InChI=1S/C13H14N2O3S/c1-9-3-2-4-10(7-9)18-19(16,17)11-5-6-12(14)13(15)8-11/h2-8H,14-15H2,1H3. The Labute approximate surface area is 111 Å². The Morgan fingerprint density at radius 1 is 1.00 bits per heavy atom. The van der Waals surface area contributed by atoms with Gasteiger partial charge in [-0.25, -0.2) is 0 Å². The Hall–Kier alpha value is -2.21. The quantitative estimate of drug-likeness (QED) is 0.660. The lowest BCUT2D eigenvalue weighted by molar-refractivity contribution is 0.486. The summed E-state index contributed by atoms with van der Waals surface area (Å²) in [6.07, 6.45) is 0. The molecule has 0 bridgehead atoms. The van der Waals surface area contributed by atoms with Crippen molar-refractivity contribution in [1.29, 1.82) is 0 Å². The van der Waals surface area contributed by atoms with Crippen LogP contribution in [0.2, 0.25) is 0 Å². The molecular formula is C13H14N2O3S. The SMILES string of the molecule is Cc1cccc(OS(=O)(=O)c2ccc(N)c(N)c2)c1. The number of hydrogen-bond donors (Lipinski definition) is 2. The highest BCUT2D eigenvalue weighted by atomic mass is 32.2. The fourth-order valence-electron chi connectivity index (χ4n) is 1.55. The first-order valence-corrected chi connectivity index (χ1v) is 6.95. The molecular weight excluding hydrogens is 264 g/mol. The van der Waals surface area contributed by atoms with Crippen molar-refractivity contribution in [3.8, 4) is 5.75 Å². The number of anilines is 2. The van der Waals surface area contributed by atoms with Crippen molar-refractivity contribution in [3.63, 3.8) is 0 Å². The van der Waals surface area contributed by atoms with Crippen LogP contribution in [-0.2, 0) is 10.1 Å². The molecule has 0 aromatic heterocycles. The first kappa shape index (κ1) is 13.2. The van der Waals surface area contributed by atoms with Crippen molar-refractivity contribution in [2.24, 2.45) is 0 Å². The van der Waals surface area contributed by atoms with Gasteiger partial charge in [0.2, 0.25) is 0 Å². The second-order valence-electron chi connectivity index (χ2n) is 4.14. The van der Waals surface area contributed by atoms with E-state index in [0.717, 1.165) is 5.56 Å². The molecule has 2 aromatic carbocycles. The summed E-state index contributed by atoms with van der Waals surface area (Å²) in [5.41, 5.74) is 12.6. The van der Waals surface area contributed by atoms with Crippen LogP contribution in [-0.4, -0.2) is 8.42 Å². The molecule has 0 aliphatic heterocycles. The lowest BCUT2D eigenvalue weighted by Gasteiger charge is -2.08. The molecule has 0 saturated carbocycles. The van der Waals surface area contributed by atoms with Crippen LogP contribution in [0, 0.1) is 6.92 Å². The van der Waals surface area contributed by atoms with E-state index in [-0.39, 0.29) is 16.3 Å². The molecule has 0 saturated heterocycles. The molecule has 0 radical (unpaired) electrons. The number of rotatable bonds is 3. The van der Waals surface area contributed by atoms with E-state index >= 15 is 0 Å². The minimum Gasteiger partial charge on any atom is -0.397 e. The zero-order chi connectivity index (χ0) is 14.0. The molecule has 2 rings (SSSR count). The second-order valence-corrected chi connectivity index (χ2v) is 5.69. The monoisotopic (exact) mass is 278 g/mol. The van der Waals surface area contributed by atoms with Gasteiger partial charge >= 0.3 is 10.1 Å². The molecule has 0 aliphatic rings. The molecule has 4 N–H and O–H groups in total. The zero-order valence-corrected chi connectivity index (χ0v) is 11.1. The topological polar surface area (TPSA) is 95.4 Å². The van der Waals surface area contributed by atoms with Gasteiger partial charge in [-0.05, 0) is 42.8 Å². The summed E-state index contributed by atoms with van der Waals surface area (Å²) in [6, 6.07) is 10.8. The molecule has 0 amide bonds. The van der Waals surface area contributed by atoms with Gasteiger partial charge in [0.15, 0.2) is 0 Å². The van der Waals surface area contributed by atoms with Crippen LogP contribution in [0.4, 0.5) is 11.4 Å². The minimum atomic E-state index is -3.90. The molecule has 6 heteroatoms. The van der Waals surface area contributed by atoms with Crippen LogP contribution in [0.1, 0.15) is 5.56 Å². The molecule has 5 nitrogen and oxygen atoms in total. The maximum atomic E-state index is 12.1. The maximum absolute atomic E-state index is 12.1. The molecule has 19 heavy (non-hydrogen) atoms. The Morgan fingerprint density at radius 3 is 2.37 bits per heavy atom. The highest BCUT2D eigenvalue weighted by molar-refractivity contribution is 7.87. The van der Waals surface area contributed by atoms with Crippen LogP contribution >= 0.6 is 0 Å². The second kappa shape index (κ2) is 4.81. The predicted octanol–water partition coefficient (Wildman–Crippen LogP) is 1.93. The van der Waals surface area contributed by atoms with Gasteiger partial charge in [-0.1, -0.05) is 12.1 Å². The molecule has 0 unspecified atom stereocenters. The summed E-state index contributed by atoms with van der Waals surface area (Å²) in [6.45, 7) is 1.85.